The van der Waals surface area contributed by atoms with Crippen molar-refractivity contribution in [3.05, 3.63) is 23.8 Å². The predicted octanol–water partition coefficient (Wildman–Crippen LogP) is 2.01. The fourth-order valence-corrected chi connectivity index (χ4v) is 2.34. The minimum atomic E-state index is -0.166. The van der Waals surface area contributed by atoms with Gasteiger partial charge in [0, 0.05) is 5.54 Å². The Morgan fingerprint density at radius 3 is 2.47 bits per heavy atom. The van der Waals surface area contributed by atoms with E-state index in [1.165, 1.54) is 12.8 Å². The van der Waals surface area contributed by atoms with Gasteiger partial charge < -0.3 is 16.2 Å². The second kappa shape index (κ2) is 3.74. The van der Waals surface area contributed by atoms with Gasteiger partial charge in [-0.15, -0.1) is 0 Å². The van der Waals surface area contributed by atoms with Crippen molar-refractivity contribution < 1.29 is 4.74 Å². The monoisotopic (exact) mass is 206 g/mol. The Balaban J connectivity index is 2.33. The van der Waals surface area contributed by atoms with E-state index in [1.807, 2.05) is 18.2 Å². The first-order chi connectivity index (χ1) is 7.15. The summed E-state index contributed by atoms with van der Waals surface area (Å²) in [6, 6.07) is 5.88. The molecular formula is C12H18N2O. The standard InChI is InChI=1S/C12H18N2O/c1-15-11-5-4-9(8-10(11)13)12(14)6-2-3-7-12/h4-5,8H,2-3,6-7,13-14H2,1H3. The van der Waals surface area contributed by atoms with E-state index in [0.29, 0.717) is 5.69 Å². The summed E-state index contributed by atoms with van der Waals surface area (Å²) in [6.07, 6.45) is 4.53. The molecule has 82 valence electrons. The highest BCUT2D eigenvalue weighted by Gasteiger charge is 2.31. The molecule has 15 heavy (non-hydrogen) atoms. The summed E-state index contributed by atoms with van der Waals surface area (Å²) in [6.45, 7) is 0. The SMILES string of the molecule is COc1ccc(C2(N)CCCC2)cc1N. The van der Waals surface area contributed by atoms with Crippen molar-refractivity contribution in [2.75, 3.05) is 12.8 Å². The van der Waals surface area contributed by atoms with Gasteiger partial charge in [0.1, 0.15) is 5.75 Å². The molecule has 0 aliphatic heterocycles. The van der Waals surface area contributed by atoms with Gasteiger partial charge in [0.2, 0.25) is 0 Å². The molecule has 0 bridgehead atoms. The van der Waals surface area contributed by atoms with Crippen LogP contribution in [0.15, 0.2) is 18.2 Å². The highest BCUT2D eigenvalue weighted by molar-refractivity contribution is 5.55. The van der Waals surface area contributed by atoms with Crippen LogP contribution in [-0.4, -0.2) is 7.11 Å². The van der Waals surface area contributed by atoms with Crippen molar-refractivity contribution in [3.8, 4) is 5.75 Å². The Labute approximate surface area is 90.4 Å². The van der Waals surface area contributed by atoms with E-state index in [1.54, 1.807) is 7.11 Å². The lowest BCUT2D eigenvalue weighted by Gasteiger charge is -2.24. The Kier molecular flexibility index (Phi) is 2.57. The summed E-state index contributed by atoms with van der Waals surface area (Å²) < 4.78 is 5.13. The lowest BCUT2D eigenvalue weighted by atomic mass is 9.89. The average Bonchev–Trinajstić information content (AvgIpc) is 2.66. The molecule has 1 aliphatic rings. The van der Waals surface area contributed by atoms with Crippen molar-refractivity contribution >= 4 is 5.69 Å². The smallest absolute Gasteiger partial charge is 0.141 e. The van der Waals surface area contributed by atoms with Crippen LogP contribution in [0.3, 0.4) is 0 Å². The maximum Gasteiger partial charge on any atom is 0.141 e. The van der Waals surface area contributed by atoms with Crippen LogP contribution in [0.4, 0.5) is 5.69 Å². The molecule has 1 fully saturated rings. The van der Waals surface area contributed by atoms with Gasteiger partial charge >= 0.3 is 0 Å². The number of ether oxygens (including phenoxy) is 1. The summed E-state index contributed by atoms with van der Waals surface area (Å²) in [7, 11) is 1.62. The van der Waals surface area contributed by atoms with Gasteiger partial charge in [-0.2, -0.15) is 0 Å². The lowest BCUT2D eigenvalue weighted by Crippen LogP contribution is -2.33. The minimum absolute atomic E-state index is 0.166. The predicted molar refractivity (Wildman–Crippen MR) is 61.7 cm³/mol. The Morgan fingerprint density at radius 1 is 1.27 bits per heavy atom. The van der Waals surface area contributed by atoms with Crippen LogP contribution in [0, 0.1) is 0 Å². The van der Waals surface area contributed by atoms with Gasteiger partial charge in [0.25, 0.3) is 0 Å². The second-order valence-corrected chi connectivity index (χ2v) is 4.32. The summed E-state index contributed by atoms with van der Waals surface area (Å²) in [4.78, 5) is 0. The number of hydrogen-bond acceptors (Lipinski definition) is 3. The molecule has 4 N–H and O–H groups in total. The highest BCUT2D eigenvalue weighted by Crippen LogP contribution is 2.38. The number of hydrogen-bond donors (Lipinski definition) is 2. The zero-order chi connectivity index (χ0) is 10.9. The zero-order valence-corrected chi connectivity index (χ0v) is 9.12. The van der Waals surface area contributed by atoms with Gasteiger partial charge in [-0.25, -0.2) is 0 Å². The van der Waals surface area contributed by atoms with Gasteiger partial charge in [0.05, 0.1) is 12.8 Å². The van der Waals surface area contributed by atoms with Crippen LogP contribution in [0.5, 0.6) is 5.75 Å². The van der Waals surface area contributed by atoms with Crippen LogP contribution in [0.25, 0.3) is 0 Å². The van der Waals surface area contributed by atoms with Crippen molar-refractivity contribution in [2.45, 2.75) is 31.2 Å². The first kappa shape index (κ1) is 10.3. The van der Waals surface area contributed by atoms with E-state index in [9.17, 15) is 0 Å². The van der Waals surface area contributed by atoms with Crippen LogP contribution >= 0.6 is 0 Å². The molecule has 0 spiro atoms. The molecule has 0 atom stereocenters. The summed E-state index contributed by atoms with van der Waals surface area (Å²) >= 11 is 0. The van der Waals surface area contributed by atoms with Crippen molar-refractivity contribution in [1.82, 2.24) is 0 Å². The van der Waals surface area contributed by atoms with Crippen LogP contribution < -0.4 is 16.2 Å². The molecule has 1 saturated carbocycles. The number of nitrogens with two attached hydrogens (primary N) is 2. The largest absolute Gasteiger partial charge is 0.495 e. The van der Waals surface area contributed by atoms with Gasteiger partial charge in [-0.3, -0.25) is 0 Å². The Bertz CT molecular complexity index is 357. The zero-order valence-electron chi connectivity index (χ0n) is 9.12. The molecule has 2 rings (SSSR count). The van der Waals surface area contributed by atoms with E-state index in [0.717, 1.165) is 24.2 Å². The van der Waals surface area contributed by atoms with Gasteiger partial charge in [0.15, 0.2) is 0 Å². The Morgan fingerprint density at radius 2 is 1.93 bits per heavy atom. The molecular weight excluding hydrogens is 188 g/mol. The maximum absolute atomic E-state index is 6.34. The highest BCUT2D eigenvalue weighted by atomic mass is 16.5. The first-order valence-corrected chi connectivity index (χ1v) is 5.38. The molecule has 0 amide bonds. The molecule has 0 radical (unpaired) electrons. The molecule has 1 aliphatic carbocycles. The molecule has 0 heterocycles. The van der Waals surface area contributed by atoms with Crippen LogP contribution in [-0.2, 0) is 5.54 Å². The third kappa shape index (κ3) is 1.79. The first-order valence-electron chi connectivity index (χ1n) is 5.38. The number of rotatable bonds is 2. The summed E-state index contributed by atoms with van der Waals surface area (Å²) in [5, 5.41) is 0. The minimum Gasteiger partial charge on any atom is -0.495 e. The topological polar surface area (TPSA) is 61.3 Å². The fraction of sp³-hybridized carbons (Fsp3) is 0.500. The average molecular weight is 206 g/mol. The van der Waals surface area contributed by atoms with Crippen LogP contribution in [0.2, 0.25) is 0 Å². The number of anilines is 1. The van der Waals surface area contributed by atoms with E-state index >= 15 is 0 Å². The van der Waals surface area contributed by atoms with Crippen LogP contribution in [0.1, 0.15) is 31.2 Å². The molecule has 0 saturated heterocycles. The molecule has 1 aromatic rings. The second-order valence-electron chi connectivity index (χ2n) is 4.32. The number of nitrogen functional groups attached to an aromatic ring is 1. The third-order valence-electron chi connectivity index (χ3n) is 3.30. The number of methoxy groups -OCH3 is 1. The van der Waals surface area contributed by atoms with E-state index in [-0.39, 0.29) is 5.54 Å². The fourth-order valence-electron chi connectivity index (χ4n) is 2.34. The maximum atomic E-state index is 6.34. The third-order valence-corrected chi connectivity index (χ3v) is 3.30. The molecule has 3 nitrogen and oxygen atoms in total. The number of benzene rings is 1. The molecule has 3 heteroatoms. The lowest BCUT2D eigenvalue weighted by molar-refractivity contribution is 0.415. The molecule has 1 aromatic carbocycles. The van der Waals surface area contributed by atoms with Gasteiger partial charge in [-0.1, -0.05) is 18.9 Å². The normalized spacial score (nSPS) is 19.1. The van der Waals surface area contributed by atoms with E-state index in [2.05, 4.69) is 0 Å². The van der Waals surface area contributed by atoms with Crippen molar-refractivity contribution in [1.29, 1.82) is 0 Å². The van der Waals surface area contributed by atoms with Crippen molar-refractivity contribution in [3.63, 3.8) is 0 Å². The Hall–Kier alpha value is -1.22. The van der Waals surface area contributed by atoms with Gasteiger partial charge in [-0.05, 0) is 30.5 Å². The molecule has 0 aromatic heterocycles. The van der Waals surface area contributed by atoms with E-state index in [4.69, 9.17) is 16.2 Å². The summed E-state index contributed by atoms with van der Waals surface area (Å²) in [5.41, 5.74) is 13.9. The van der Waals surface area contributed by atoms with E-state index < -0.39 is 0 Å². The van der Waals surface area contributed by atoms with Crippen molar-refractivity contribution in [2.24, 2.45) is 5.73 Å². The quantitative estimate of drug-likeness (QED) is 0.727. The summed E-state index contributed by atoms with van der Waals surface area (Å²) in [5.74, 6) is 0.723. The molecule has 0 unspecified atom stereocenters.